The predicted molar refractivity (Wildman–Crippen MR) is 173 cm³/mol. The Morgan fingerprint density at radius 3 is 2.61 bits per heavy atom. The lowest BCUT2D eigenvalue weighted by atomic mass is 9.96. The molecule has 0 aliphatic carbocycles. The molecule has 0 atom stereocenters. The number of rotatable bonds is 0. The van der Waals surface area contributed by atoms with E-state index in [2.05, 4.69) is 4.98 Å². The number of ether oxygens (including phenoxy) is 1. The molecule has 2 aromatic heterocycles. The Kier molecular flexibility index (Phi) is 6.33. The van der Waals surface area contributed by atoms with Crippen molar-refractivity contribution >= 4 is 34.8 Å². The first kappa shape index (κ1) is 28.1. The monoisotopic (exact) mass is 633 g/mol. The first-order chi connectivity index (χ1) is 22.2. The van der Waals surface area contributed by atoms with Crippen LogP contribution in [-0.2, 0) is 26.6 Å². The molecule has 230 valence electrons. The van der Waals surface area contributed by atoms with Crippen LogP contribution in [0.3, 0.4) is 0 Å². The average molecular weight is 634 g/mol. The minimum absolute atomic E-state index is 0.0318. The fraction of sp³-hybridized carbons (Fsp3) is 0.200. The second kappa shape index (κ2) is 10.3. The van der Waals surface area contributed by atoms with Crippen molar-refractivity contribution in [3.8, 4) is 34.0 Å². The number of aromatic hydroxyl groups is 1. The van der Waals surface area contributed by atoms with E-state index < -0.39 is 11.5 Å². The molecule has 0 unspecified atom stereocenters. The standard InChI is InChI=1S/C35H28ClN5O5/c1-19-37-17-29-35(45)40(19)12-13-46-31-5-3-4-20-18-39(11-10-23(20)31)33(43)24-8-6-21(36)14-25(24)28-16-27-32(38(28)2)26-15-22(7-9-30(26)42)41(29)34(27)44/h3-9,14-17,42H,10-13,18H2,1-2H3. The van der Waals surface area contributed by atoms with E-state index in [1.54, 1.807) is 54.9 Å². The predicted octanol–water partition coefficient (Wildman–Crippen LogP) is 5.47. The summed E-state index contributed by atoms with van der Waals surface area (Å²) in [5, 5.41) is 11.5. The van der Waals surface area contributed by atoms with Crippen molar-refractivity contribution in [1.82, 2.24) is 19.0 Å². The summed E-state index contributed by atoms with van der Waals surface area (Å²) >= 11 is 6.52. The number of carbonyl (C=O) groups excluding carboxylic acids is 2. The number of phenols is 1. The van der Waals surface area contributed by atoms with Crippen molar-refractivity contribution < 1.29 is 19.4 Å². The number of fused-ring (bicyclic) bond motifs is 6. The van der Waals surface area contributed by atoms with Gasteiger partial charge < -0.3 is 19.3 Å². The van der Waals surface area contributed by atoms with Gasteiger partial charge in [-0.3, -0.25) is 23.9 Å². The lowest BCUT2D eigenvalue weighted by molar-refractivity contribution is 0.0734. The maximum absolute atomic E-state index is 14.5. The summed E-state index contributed by atoms with van der Waals surface area (Å²) in [7, 11) is 1.78. The Morgan fingerprint density at radius 1 is 0.913 bits per heavy atom. The zero-order chi connectivity index (χ0) is 31.9. The van der Waals surface area contributed by atoms with Crippen LogP contribution in [0, 0.1) is 6.92 Å². The molecular formula is C35H28ClN5O5. The van der Waals surface area contributed by atoms with Gasteiger partial charge in [0.25, 0.3) is 17.4 Å². The number of phenolic OH excluding ortho intramolecular Hbond substituents is 1. The topological polar surface area (TPSA) is 110 Å². The highest BCUT2D eigenvalue weighted by molar-refractivity contribution is 6.31. The molecule has 10 nitrogen and oxygen atoms in total. The number of hydrogen-bond donors (Lipinski definition) is 1. The van der Waals surface area contributed by atoms with Gasteiger partial charge in [0.15, 0.2) is 0 Å². The van der Waals surface area contributed by atoms with Gasteiger partial charge in [0.1, 0.15) is 29.6 Å². The summed E-state index contributed by atoms with van der Waals surface area (Å²) in [6, 6.07) is 17.4. The SMILES string of the molecule is Cc1ncc2c(=O)n1CCOc1cccc3c1CCN(C3)C(=O)c1ccc(Cl)cc1-c1cc3c(n1C)-c1cc(ccc1O)N2C3=O. The fourth-order valence-corrected chi connectivity index (χ4v) is 7.06. The smallest absolute Gasteiger partial charge is 0.277 e. The summed E-state index contributed by atoms with van der Waals surface area (Å²) in [6.07, 6.45) is 2.01. The molecule has 0 saturated heterocycles. The molecule has 5 aromatic rings. The van der Waals surface area contributed by atoms with Gasteiger partial charge in [-0.25, -0.2) is 4.98 Å². The molecule has 4 aliphatic rings. The van der Waals surface area contributed by atoms with Crippen molar-refractivity contribution in [2.24, 2.45) is 7.05 Å². The Bertz CT molecular complexity index is 2200. The second-order valence-electron chi connectivity index (χ2n) is 11.7. The van der Waals surface area contributed by atoms with E-state index in [1.165, 1.54) is 21.7 Å². The lowest BCUT2D eigenvalue weighted by Crippen LogP contribution is -2.36. The van der Waals surface area contributed by atoms with E-state index in [0.717, 1.165) is 11.1 Å². The zero-order valence-electron chi connectivity index (χ0n) is 25.1. The molecule has 11 bridgehead atoms. The minimum Gasteiger partial charge on any atom is -0.507 e. The van der Waals surface area contributed by atoms with Gasteiger partial charge in [0.05, 0.1) is 29.7 Å². The Morgan fingerprint density at radius 2 is 1.76 bits per heavy atom. The molecule has 6 heterocycles. The van der Waals surface area contributed by atoms with E-state index in [0.29, 0.717) is 69.9 Å². The first-order valence-corrected chi connectivity index (χ1v) is 15.4. The van der Waals surface area contributed by atoms with Gasteiger partial charge in [-0.2, -0.15) is 0 Å². The van der Waals surface area contributed by atoms with Gasteiger partial charge in [0, 0.05) is 53.1 Å². The van der Waals surface area contributed by atoms with Crippen molar-refractivity contribution in [2.75, 3.05) is 18.1 Å². The average Bonchev–Trinajstić information content (AvgIpc) is 3.35. The van der Waals surface area contributed by atoms with Gasteiger partial charge >= 0.3 is 0 Å². The van der Waals surface area contributed by atoms with Gasteiger partial charge in [-0.15, -0.1) is 0 Å². The number of aromatic nitrogens is 3. The van der Waals surface area contributed by atoms with Crippen molar-refractivity contribution in [2.45, 2.75) is 26.4 Å². The van der Waals surface area contributed by atoms with E-state index >= 15 is 0 Å². The largest absolute Gasteiger partial charge is 0.507 e. The molecular weight excluding hydrogens is 606 g/mol. The molecule has 0 saturated carbocycles. The Labute approximate surface area is 268 Å². The first-order valence-electron chi connectivity index (χ1n) is 15.0. The number of nitrogens with zero attached hydrogens (tertiary/aromatic N) is 5. The summed E-state index contributed by atoms with van der Waals surface area (Å²) in [4.78, 5) is 50.4. The van der Waals surface area contributed by atoms with Crippen LogP contribution in [0.1, 0.15) is 37.7 Å². The van der Waals surface area contributed by atoms with Crippen LogP contribution in [0.5, 0.6) is 11.5 Å². The van der Waals surface area contributed by atoms with Gasteiger partial charge in [-0.1, -0.05) is 23.7 Å². The fourth-order valence-electron chi connectivity index (χ4n) is 6.89. The molecule has 0 spiro atoms. The van der Waals surface area contributed by atoms with Crippen molar-refractivity contribution in [3.05, 3.63) is 110 Å². The van der Waals surface area contributed by atoms with Gasteiger partial charge in [-0.05, 0) is 67.4 Å². The molecule has 1 N–H and O–H groups in total. The van der Waals surface area contributed by atoms with E-state index in [1.807, 2.05) is 23.1 Å². The van der Waals surface area contributed by atoms with E-state index in [9.17, 15) is 19.5 Å². The molecule has 0 fully saturated rings. The molecule has 0 radical (unpaired) electrons. The van der Waals surface area contributed by atoms with Crippen molar-refractivity contribution in [3.63, 3.8) is 0 Å². The van der Waals surface area contributed by atoms with Crippen LogP contribution in [0.25, 0.3) is 22.5 Å². The van der Waals surface area contributed by atoms with Crippen LogP contribution in [0.4, 0.5) is 11.4 Å². The third-order valence-corrected chi connectivity index (χ3v) is 9.44. The normalized spacial score (nSPS) is 15.2. The number of amides is 2. The zero-order valence-corrected chi connectivity index (χ0v) is 25.8. The number of halogens is 1. The number of benzene rings is 3. The van der Waals surface area contributed by atoms with Crippen LogP contribution >= 0.6 is 11.6 Å². The molecule has 9 rings (SSSR count). The molecule has 46 heavy (non-hydrogen) atoms. The highest BCUT2D eigenvalue weighted by Crippen LogP contribution is 2.44. The summed E-state index contributed by atoms with van der Waals surface area (Å²) in [6.45, 7) is 3.03. The molecule has 4 aliphatic heterocycles. The Hall–Kier alpha value is -5.35. The maximum atomic E-state index is 14.5. The van der Waals surface area contributed by atoms with Crippen molar-refractivity contribution in [1.29, 1.82) is 0 Å². The highest BCUT2D eigenvalue weighted by Gasteiger charge is 2.35. The molecule has 2 amide bonds. The number of aryl methyl sites for hydroxylation is 1. The highest BCUT2D eigenvalue weighted by atomic mass is 35.5. The van der Waals surface area contributed by atoms with Crippen LogP contribution in [0.2, 0.25) is 5.02 Å². The third kappa shape index (κ3) is 4.17. The molecule has 11 heteroatoms. The third-order valence-electron chi connectivity index (χ3n) is 9.20. The maximum Gasteiger partial charge on any atom is 0.277 e. The second-order valence-corrected chi connectivity index (χ2v) is 12.2. The number of anilines is 2. The summed E-state index contributed by atoms with van der Waals surface area (Å²) in [5.41, 5.74) is 4.75. The van der Waals surface area contributed by atoms with Crippen LogP contribution in [0.15, 0.2) is 71.7 Å². The van der Waals surface area contributed by atoms with Crippen LogP contribution in [-0.4, -0.2) is 49.1 Å². The summed E-state index contributed by atoms with van der Waals surface area (Å²) < 4.78 is 9.53. The Balaban J connectivity index is 1.40. The lowest BCUT2D eigenvalue weighted by Gasteiger charge is -2.30. The summed E-state index contributed by atoms with van der Waals surface area (Å²) in [5.74, 6) is 0.525. The number of hydrogen-bond acceptors (Lipinski definition) is 6. The quantitative estimate of drug-likeness (QED) is 0.242. The van der Waals surface area contributed by atoms with E-state index in [4.69, 9.17) is 16.3 Å². The molecule has 3 aromatic carbocycles. The number of carbonyl (C=O) groups is 2. The van der Waals surface area contributed by atoms with Crippen LogP contribution < -0.4 is 15.2 Å². The van der Waals surface area contributed by atoms with E-state index in [-0.39, 0.29) is 36.1 Å². The minimum atomic E-state index is -0.476. The van der Waals surface area contributed by atoms with Gasteiger partial charge in [0.2, 0.25) is 0 Å².